The summed E-state index contributed by atoms with van der Waals surface area (Å²) in [4.78, 5) is 14.4. The number of rotatable bonds is 6. The molecule has 1 fully saturated rings. The second kappa shape index (κ2) is 8.13. The van der Waals surface area contributed by atoms with Crippen molar-refractivity contribution in [2.75, 3.05) is 33.3 Å². The molecule has 1 atom stereocenters. The van der Waals surface area contributed by atoms with Crippen LogP contribution in [0.4, 0.5) is 4.39 Å². The molecule has 1 heterocycles. The van der Waals surface area contributed by atoms with Gasteiger partial charge in [-0.15, -0.1) is 0 Å². The first-order chi connectivity index (χ1) is 10.6. The van der Waals surface area contributed by atoms with Crippen LogP contribution < -0.4 is 10.1 Å². The molecule has 1 aliphatic rings. The Hall–Kier alpha value is -1.62. The number of amides is 1. The van der Waals surface area contributed by atoms with Crippen LogP contribution in [0.25, 0.3) is 0 Å². The third kappa shape index (κ3) is 4.70. The van der Waals surface area contributed by atoms with Gasteiger partial charge in [0.05, 0.1) is 12.7 Å². The fourth-order valence-electron chi connectivity index (χ4n) is 2.90. The highest BCUT2D eigenvalue weighted by atomic mass is 19.1. The van der Waals surface area contributed by atoms with Gasteiger partial charge in [0, 0.05) is 19.2 Å². The molecule has 0 saturated carbocycles. The zero-order chi connectivity index (χ0) is 15.9. The largest absolute Gasteiger partial charge is 0.497 e. The maximum Gasteiger partial charge on any atom is 0.254 e. The molecular weight excluding hydrogens is 283 g/mol. The number of piperidine rings is 1. The van der Waals surface area contributed by atoms with E-state index in [4.69, 9.17) is 4.74 Å². The van der Waals surface area contributed by atoms with Crippen LogP contribution in [0, 0.1) is 11.7 Å². The Kier molecular flexibility index (Phi) is 6.19. The third-order valence-electron chi connectivity index (χ3n) is 4.10. The van der Waals surface area contributed by atoms with Crippen molar-refractivity contribution >= 4 is 5.91 Å². The van der Waals surface area contributed by atoms with Crippen LogP contribution in [0.2, 0.25) is 0 Å². The number of halogens is 1. The van der Waals surface area contributed by atoms with E-state index in [0.29, 0.717) is 12.3 Å². The first kappa shape index (κ1) is 16.7. The smallest absolute Gasteiger partial charge is 0.254 e. The van der Waals surface area contributed by atoms with Crippen LogP contribution in [0.3, 0.4) is 0 Å². The van der Waals surface area contributed by atoms with Gasteiger partial charge in [0.1, 0.15) is 11.6 Å². The minimum absolute atomic E-state index is 0.0624. The van der Waals surface area contributed by atoms with E-state index in [2.05, 4.69) is 17.1 Å². The monoisotopic (exact) mass is 308 g/mol. The highest BCUT2D eigenvalue weighted by Crippen LogP contribution is 2.16. The predicted octanol–water partition coefficient (Wildman–Crippen LogP) is 2.69. The van der Waals surface area contributed by atoms with E-state index >= 15 is 0 Å². The van der Waals surface area contributed by atoms with E-state index in [1.165, 1.54) is 32.1 Å². The van der Waals surface area contributed by atoms with Crippen molar-refractivity contribution in [3.63, 3.8) is 0 Å². The molecule has 5 heteroatoms. The van der Waals surface area contributed by atoms with Gasteiger partial charge in [0.25, 0.3) is 5.91 Å². The molecule has 1 aromatic carbocycles. The lowest BCUT2D eigenvalue weighted by Crippen LogP contribution is -2.36. The summed E-state index contributed by atoms with van der Waals surface area (Å²) < 4.78 is 18.7. The van der Waals surface area contributed by atoms with E-state index in [1.807, 2.05) is 0 Å². The molecule has 1 aromatic rings. The molecule has 2 rings (SSSR count). The maximum absolute atomic E-state index is 13.8. The lowest BCUT2D eigenvalue weighted by molar-refractivity contribution is 0.0946. The molecule has 0 aromatic heterocycles. The van der Waals surface area contributed by atoms with Crippen LogP contribution in [-0.2, 0) is 0 Å². The Balaban J connectivity index is 1.73. The molecule has 1 saturated heterocycles. The Bertz CT molecular complexity index is 507. The van der Waals surface area contributed by atoms with Gasteiger partial charge < -0.3 is 15.0 Å². The molecule has 4 nitrogen and oxygen atoms in total. The summed E-state index contributed by atoms with van der Waals surface area (Å²) in [5.41, 5.74) is 0.0624. The summed E-state index contributed by atoms with van der Waals surface area (Å²) in [7, 11) is 1.47. The van der Waals surface area contributed by atoms with Gasteiger partial charge in [0.15, 0.2) is 0 Å². The summed E-state index contributed by atoms with van der Waals surface area (Å²) in [6.45, 7) is 6.11. The molecule has 22 heavy (non-hydrogen) atoms. The maximum atomic E-state index is 13.8. The SMILES string of the molecule is COc1ccc(C(=O)NCCCN2CCCC(C)C2)c(F)c1. The van der Waals surface area contributed by atoms with Gasteiger partial charge in [-0.25, -0.2) is 4.39 Å². The summed E-state index contributed by atoms with van der Waals surface area (Å²) in [5.74, 6) is 0.249. The minimum atomic E-state index is -0.554. The molecule has 1 amide bonds. The number of hydrogen-bond acceptors (Lipinski definition) is 3. The third-order valence-corrected chi connectivity index (χ3v) is 4.10. The first-order valence-electron chi connectivity index (χ1n) is 7.94. The quantitative estimate of drug-likeness (QED) is 0.822. The van der Waals surface area contributed by atoms with Crippen LogP contribution in [-0.4, -0.2) is 44.1 Å². The van der Waals surface area contributed by atoms with Gasteiger partial charge in [-0.05, 0) is 50.4 Å². The van der Waals surface area contributed by atoms with Crippen molar-refractivity contribution in [3.05, 3.63) is 29.6 Å². The Morgan fingerprint density at radius 3 is 3.00 bits per heavy atom. The van der Waals surface area contributed by atoms with Crippen LogP contribution in [0.5, 0.6) is 5.75 Å². The van der Waals surface area contributed by atoms with E-state index in [0.717, 1.165) is 32.0 Å². The van der Waals surface area contributed by atoms with Crippen LogP contribution in [0.15, 0.2) is 18.2 Å². The second-order valence-electron chi connectivity index (χ2n) is 6.00. The van der Waals surface area contributed by atoms with Crippen molar-refractivity contribution in [1.29, 1.82) is 0 Å². The number of nitrogens with zero attached hydrogens (tertiary/aromatic N) is 1. The standard InChI is InChI=1S/C17H25FN2O2/c1-13-5-3-9-20(12-13)10-4-8-19-17(21)15-7-6-14(22-2)11-16(15)18/h6-7,11,13H,3-5,8-10,12H2,1-2H3,(H,19,21). The summed E-state index contributed by atoms with van der Waals surface area (Å²) in [6, 6.07) is 4.27. The van der Waals surface area contributed by atoms with E-state index in [-0.39, 0.29) is 11.5 Å². The molecule has 0 spiro atoms. The van der Waals surface area contributed by atoms with Gasteiger partial charge in [0.2, 0.25) is 0 Å². The average Bonchev–Trinajstić information content (AvgIpc) is 2.51. The van der Waals surface area contributed by atoms with Crippen molar-refractivity contribution in [3.8, 4) is 5.75 Å². The summed E-state index contributed by atoms with van der Waals surface area (Å²) in [6.07, 6.45) is 3.45. The normalized spacial score (nSPS) is 19.0. The molecule has 0 aliphatic carbocycles. The highest BCUT2D eigenvalue weighted by Gasteiger charge is 2.16. The first-order valence-corrected chi connectivity index (χ1v) is 7.94. The number of methoxy groups -OCH3 is 1. The van der Waals surface area contributed by atoms with Gasteiger partial charge in [-0.3, -0.25) is 4.79 Å². The number of benzene rings is 1. The second-order valence-corrected chi connectivity index (χ2v) is 6.00. The molecule has 0 radical (unpaired) electrons. The fourth-order valence-corrected chi connectivity index (χ4v) is 2.90. The topological polar surface area (TPSA) is 41.6 Å². The van der Waals surface area contributed by atoms with Crippen molar-refractivity contribution in [2.24, 2.45) is 5.92 Å². The molecular formula is C17H25FN2O2. The number of hydrogen-bond donors (Lipinski definition) is 1. The van der Waals surface area contributed by atoms with Crippen LogP contribution in [0.1, 0.15) is 36.5 Å². The molecule has 1 aliphatic heterocycles. The van der Waals surface area contributed by atoms with E-state index < -0.39 is 5.82 Å². The predicted molar refractivity (Wildman–Crippen MR) is 84.7 cm³/mol. The van der Waals surface area contributed by atoms with Crippen molar-refractivity contribution < 1.29 is 13.9 Å². The van der Waals surface area contributed by atoms with E-state index in [1.54, 1.807) is 6.07 Å². The Labute approximate surface area is 131 Å². The lowest BCUT2D eigenvalue weighted by Gasteiger charge is -2.30. The van der Waals surface area contributed by atoms with Gasteiger partial charge in [-0.1, -0.05) is 6.92 Å². The molecule has 0 bridgehead atoms. The molecule has 1 N–H and O–H groups in total. The minimum Gasteiger partial charge on any atom is -0.497 e. The zero-order valence-electron chi connectivity index (χ0n) is 13.4. The summed E-state index contributed by atoms with van der Waals surface area (Å²) in [5, 5.41) is 2.78. The fraction of sp³-hybridized carbons (Fsp3) is 0.588. The van der Waals surface area contributed by atoms with Gasteiger partial charge >= 0.3 is 0 Å². The Morgan fingerprint density at radius 2 is 2.32 bits per heavy atom. The Morgan fingerprint density at radius 1 is 1.50 bits per heavy atom. The number of ether oxygens (including phenoxy) is 1. The lowest BCUT2D eigenvalue weighted by atomic mass is 10.0. The average molecular weight is 308 g/mol. The molecule has 1 unspecified atom stereocenters. The van der Waals surface area contributed by atoms with Crippen molar-refractivity contribution in [2.45, 2.75) is 26.2 Å². The number of carbonyl (C=O) groups is 1. The highest BCUT2D eigenvalue weighted by molar-refractivity contribution is 5.94. The van der Waals surface area contributed by atoms with Gasteiger partial charge in [-0.2, -0.15) is 0 Å². The number of nitrogens with one attached hydrogen (secondary N) is 1. The zero-order valence-corrected chi connectivity index (χ0v) is 13.4. The van der Waals surface area contributed by atoms with E-state index in [9.17, 15) is 9.18 Å². The number of likely N-dealkylation sites (tertiary alicyclic amines) is 1. The summed E-state index contributed by atoms with van der Waals surface area (Å²) >= 11 is 0. The van der Waals surface area contributed by atoms with Crippen molar-refractivity contribution in [1.82, 2.24) is 10.2 Å². The van der Waals surface area contributed by atoms with Crippen LogP contribution >= 0.6 is 0 Å². The number of carbonyl (C=O) groups excluding carboxylic acids is 1. The molecule has 122 valence electrons.